The van der Waals surface area contributed by atoms with Crippen molar-refractivity contribution in [2.75, 3.05) is 0 Å². The number of pyridine rings is 1. The number of rotatable bonds is 4. The summed E-state index contributed by atoms with van der Waals surface area (Å²) in [5.74, 6) is -2.60. The van der Waals surface area contributed by atoms with Crippen LogP contribution in [-0.4, -0.2) is 16.9 Å². The van der Waals surface area contributed by atoms with E-state index in [4.69, 9.17) is 0 Å². The highest BCUT2D eigenvalue weighted by atomic mass is 16.4. The molecule has 1 N–H and O–H groups in total. The first kappa shape index (κ1) is 12.8. The third kappa shape index (κ3) is 2.19. The Morgan fingerprint density at radius 2 is 2.00 bits per heavy atom. The fraction of sp³-hybridized carbons (Fsp3) is 0.400. The van der Waals surface area contributed by atoms with Crippen LogP contribution in [0.15, 0.2) is 36.5 Å². The zero-order chi connectivity index (χ0) is 14.1. The molecule has 1 saturated carbocycles. The standard InChI is InChI=1S/C15H16N2O3/c18-14(17-8-11-3-1-2-6-16-11)12-9-4-5-10(7-9)13(12)15(19)20/h1-6,9-10,12-13H,7-8H2,(H,17,18)(H,19,20)/p-1/t9-,10+,12-,13+/m1/s1. The summed E-state index contributed by atoms with van der Waals surface area (Å²) in [4.78, 5) is 27.6. The topological polar surface area (TPSA) is 82.1 Å². The smallest absolute Gasteiger partial charge is 0.224 e. The van der Waals surface area contributed by atoms with Gasteiger partial charge in [-0.05, 0) is 30.4 Å². The molecule has 0 aliphatic heterocycles. The average molecular weight is 271 g/mol. The summed E-state index contributed by atoms with van der Waals surface area (Å²) in [5.41, 5.74) is 0.754. The van der Waals surface area contributed by atoms with E-state index in [0.717, 1.165) is 12.1 Å². The van der Waals surface area contributed by atoms with E-state index in [-0.39, 0.29) is 17.7 Å². The molecule has 3 rings (SSSR count). The molecular weight excluding hydrogens is 256 g/mol. The highest BCUT2D eigenvalue weighted by Crippen LogP contribution is 2.47. The molecule has 20 heavy (non-hydrogen) atoms. The molecule has 104 valence electrons. The molecule has 0 aromatic carbocycles. The Bertz CT molecular complexity index is 555. The summed E-state index contributed by atoms with van der Waals surface area (Å²) in [7, 11) is 0. The Balaban J connectivity index is 1.68. The SMILES string of the molecule is O=C([O-])[C@@H]1[C@H](C(=O)NCc2ccccn2)[C@@H]2C=C[C@H]1C2. The molecule has 1 fully saturated rings. The Morgan fingerprint density at radius 3 is 2.65 bits per heavy atom. The zero-order valence-corrected chi connectivity index (χ0v) is 10.9. The monoisotopic (exact) mass is 271 g/mol. The van der Waals surface area contributed by atoms with Crippen LogP contribution < -0.4 is 10.4 Å². The van der Waals surface area contributed by atoms with Crippen molar-refractivity contribution < 1.29 is 14.7 Å². The van der Waals surface area contributed by atoms with E-state index in [2.05, 4.69) is 10.3 Å². The second kappa shape index (κ2) is 5.07. The fourth-order valence-corrected chi connectivity index (χ4v) is 3.30. The van der Waals surface area contributed by atoms with E-state index in [1.165, 1.54) is 0 Å². The van der Waals surface area contributed by atoms with Crippen molar-refractivity contribution in [2.45, 2.75) is 13.0 Å². The Hall–Kier alpha value is -2.17. The molecular formula is C15H15N2O3-. The largest absolute Gasteiger partial charge is 0.550 e. The number of aromatic nitrogens is 1. The van der Waals surface area contributed by atoms with Gasteiger partial charge in [-0.1, -0.05) is 18.2 Å². The number of fused-ring (bicyclic) bond motifs is 2. The molecule has 1 aromatic heterocycles. The number of carboxylic acid groups (broad SMARTS) is 1. The van der Waals surface area contributed by atoms with Gasteiger partial charge in [0.15, 0.2) is 0 Å². The molecule has 1 aromatic rings. The lowest BCUT2D eigenvalue weighted by molar-refractivity contribution is -0.313. The van der Waals surface area contributed by atoms with Gasteiger partial charge in [-0.25, -0.2) is 0 Å². The van der Waals surface area contributed by atoms with E-state index in [0.29, 0.717) is 6.54 Å². The van der Waals surface area contributed by atoms with Gasteiger partial charge in [0, 0.05) is 18.1 Å². The van der Waals surface area contributed by atoms with Gasteiger partial charge < -0.3 is 15.2 Å². The maximum atomic E-state index is 12.3. The molecule has 0 saturated heterocycles. The van der Waals surface area contributed by atoms with Crippen LogP contribution in [0.5, 0.6) is 0 Å². The Kier molecular flexibility index (Phi) is 3.26. The van der Waals surface area contributed by atoms with Crippen LogP contribution >= 0.6 is 0 Å². The minimum atomic E-state index is -1.13. The number of nitrogens with one attached hydrogen (secondary N) is 1. The second-order valence-electron chi connectivity index (χ2n) is 5.36. The third-order valence-corrected chi connectivity index (χ3v) is 4.20. The first-order chi connectivity index (χ1) is 9.66. The maximum absolute atomic E-state index is 12.3. The molecule has 1 heterocycles. The van der Waals surface area contributed by atoms with Gasteiger partial charge in [-0.2, -0.15) is 0 Å². The quantitative estimate of drug-likeness (QED) is 0.774. The number of carbonyl (C=O) groups is 2. The van der Waals surface area contributed by atoms with Crippen LogP contribution in [-0.2, 0) is 16.1 Å². The van der Waals surface area contributed by atoms with E-state index in [9.17, 15) is 14.7 Å². The number of allylic oxidation sites excluding steroid dienone is 2. The number of hydrogen-bond donors (Lipinski definition) is 1. The summed E-state index contributed by atoms with van der Waals surface area (Å²) in [5, 5.41) is 14.0. The molecule has 5 nitrogen and oxygen atoms in total. The molecule has 5 heteroatoms. The molecule has 0 radical (unpaired) electrons. The van der Waals surface area contributed by atoms with Crippen LogP contribution in [0.1, 0.15) is 12.1 Å². The summed E-state index contributed by atoms with van der Waals surface area (Å²) >= 11 is 0. The van der Waals surface area contributed by atoms with Crippen LogP contribution in [0.4, 0.5) is 0 Å². The zero-order valence-electron chi connectivity index (χ0n) is 10.9. The van der Waals surface area contributed by atoms with Gasteiger partial charge >= 0.3 is 0 Å². The van der Waals surface area contributed by atoms with Gasteiger partial charge in [-0.15, -0.1) is 0 Å². The Morgan fingerprint density at radius 1 is 1.25 bits per heavy atom. The van der Waals surface area contributed by atoms with Crippen LogP contribution in [0.25, 0.3) is 0 Å². The van der Waals surface area contributed by atoms with Crippen molar-refractivity contribution in [2.24, 2.45) is 23.7 Å². The number of hydrogen-bond acceptors (Lipinski definition) is 4. The highest BCUT2D eigenvalue weighted by molar-refractivity contribution is 5.86. The minimum absolute atomic E-state index is 0.0200. The number of carboxylic acids is 1. The van der Waals surface area contributed by atoms with Crippen LogP contribution in [0.3, 0.4) is 0 Å². The molecule has 4 atom stereocenters. The van der Waals surface area contributed by atoms with Crippen molar-refractivity contribution in [3.05, 3.63) is 42.2 Å². The fourth-order valence-electron chi connectivity index (χ4n) is 3.30. The molecule has 1 amide bonds. The lowest BCUT2D eigenvalue weighted by Crippen LogP contribution is -2.44. The van der Waals surface area contributed by atoms with Gasteiger partial charge in [0.05, 0.1) is 18.2 Å². The first-order valence-electron chi connectivity index (χ1n) is 6.73. The van der Waals surface area contributed by atoms with Crippen molar-refractivity contribution in [1.82, 2.24) is 10.3 Å². The highest BCUT2D eigenvalue weighted by Gasteiger charge is 2.48. The van der Waals surface area contributed by atoms with E-state index in [1.54, 1.807) is 12.3 Å². The van der Waals surface area contributed by atoms with Gasteiger partial charge in [0.2, 0.25) is 5.91 Å². The minimum Gasteiger partial charge on any atom is -0.550 e. The van der Waals surface area contributed by atoms with Crippen molar-refractivity contribution in [3.8, 4) is 0 Å². The number of nitrogens with zero attached hydrogens (tertiary/aromatic N) is 1. The van der Waals surface area contributed by atoms with E-state index < -0.39 is 17.8 Å². The van der Waals surface area contributed by atoms with Crippen molar-refractivity contribution in [1.29, 1.82) is 0 Å². The van der Waals surface area contributed by atoms with Crippen LogP contribution in [0.2, 0.25) is 0 Å². The van der Waals surface area contributed by atoms with Gasteiger partial charge in [0.1, 0.15) is 0 Å². The predicted octanol–water partition coefficient (Wildman–Crippen LogP) is -0.114. The third-order valence-electron chi connectivity index (χ3n) is 4.20. The molecule has 0 spiro atoms. The first-order valence-corrected chi connectivity index (χ1v) is 6.73. The number of amides is 1. The average Bonchev–Trinajstić information content (AvgIpc) is 3.06. The molecule has 2 aliphatic carbocycles. The number of aliphatic carboxylic acids is 1. The summed E-state index contributed by atoms with van der Waals surface area (Å²) in [6, 6.07) is 5.47. The van der Waals surface area contributed by atoms with E-state index >= 15 is 0 Å². The van der Waals surface area contributed by atoms with Gasteiger partial charge in [0.25, 0.3) is 0 Å². The summed E-state index contributed by atoms with van der Waals surface area (Å²) < 4.78 is 0. The lowest BCUT2D eigenvalue weighted by Gasteiger charge is -2.27. The second-order valence-corrected chi connectivity index (χ2v) is 5.36. The van der Waals surface area contributed by atoms with Gasteiger partial charge in [-0.3, -0.25) is 9.78 Å². The molecule has 2 aliphatic rings. The number of carbonyl (C=O) groups excluding carboxylic acids is 2. The summed E-state index contributed by atoms with van der Waals surface area (Å²) in [6.07, 6.45) is 6.24. The predicted molar refractivity (Wildman–Crippen MR) is 68.8 cm³/mol. The van der Waals surface area contributed by atoms with Crippen LogP contribution in [0, 0.1) is 23.7 Å². The van der Waals surface area contributed by atoms with E-state index in [1.807, 2.05) is 24.3 Å². The molecule has 0 unspecified atom stereocenters. The normalized spacial score (nSPS) is 30.4. The Labute approximate surface area is 116 Å². The molecule has 2 bridgehead atoms. The summed E-state index contributed by atoms with van der Waals surface area (Å²) in [6.45, 7) is 0.317. The lowest BCUT2D eigenvalue weighted by atomic mass is 9.82. The van der Waals surface area contributed by atoms with Crippen molar-refractivity contribution in [3.63, 3.8) is 0 Å². The van der Waals surface area contributed by atoms with Crippen molar-refractivity contribution >= 4 is 11.9 Å². The maximum Gasteiger partial charge on any atom is 0.224 e.